The van der Waals surface area contributed by atoms with Crippen LogP contribution in [0.2, 0.25) is 0 Å². The molecular weight excluding hydrogens is 246 g/mol. The maximum absolute atomic E-state index is 9.69. The average Bonchev–Trinajstić information content (AvgIpc) is 2.14. The van der Waals surface area contributed by atoms with Crippen LogP contribution in [0.15, 0.2) is 16.6 Å². The largest absolute Gasteiger partial charge is 0.506 e. The summed E-state index contributed by atoms with van der Waals surface area (Å²) < 4.78 is 5.74. The number of ether oxygens (including phenoxy) is 1. The summed E-state index contributed by atoms with van der Waals surface area (Å²) in [7, 11) is 3.49. The lowest BCUT2D eigenvalue weighted by Gasteiger charge is -2.09. The van der Waals surface area contributed by atoms with Gasteiger partial charge in [0.05, 0.1) is 11.1 Å². The summed E-state index contributed by atoms with van der Waals surface area (Å²) in [6.07, 6.45) is 0. The number of hydrogen-bond acceptors (Lipinski definition) is 3. The number of hydrogen-bond donors (Lipinski definition) is 2. The summed E-state index contributed by atoms with van der Waals surface area (Å²) >= 11 is 3.30. The Balaban J connectivity index is 3.01. The van der Waals surface area contributed by atoms with E-state index >= 15 is 0 Å². The fourth-order valence-electron chi connectivity index (χ4n) is 1.29. The van der Waals surface area contributed by atoms with E-state index in [1.807, 2.05) is 19.2 Å². The van der Waals surface area contributed by atoms with Crippen molar-refractivity contribution < 1.29 is 9.84 Å². The summed E-state index contributed by atoms with van der Waals surface area (Å²) in [4.78, 5) is 0. The fraction of sp³-hybridized carbons (Fsp3) is 0.400. The second-order valence-corrected chi connectivity index (χ2v) is 3.90. The van der Waals surface area contributed by atoms with Crippen molar-refractivity contribution in [2.75, 3.05) is 14.2 Å². The number of rotatable bonds is 4. The van der Waals surface area contributed by atoms with Gasteiger partial charge in [-0.1, -0.05) is 0 Å². The quantitative estimate of drug-likeness (QED) is 0.870. The van der Waals surface area contributed by atoms with Gasteiger partial charge in [0, 0.05) is 19.2 Å². The van der Waals surface area contributed by atoms with E-state index in [1.54, 1.807) is 7.11 Å². The summed E-state index contributed by atoms with van der Waals surface area (Å²) in [6, 6.07) is 3.79. The first-order valence-electron chi connectivity index (χ1n) is 4.32. The molecule has 1 rings (SSSR count). The minimum atomic E-state index is 0.291. The summed E-state index contributed by atoms with van der Waals surface area (Å²) in [5.74, 6) is 0.291. The molecule has 0 aliphatic carbocycles. The average molecular weight is 260 g/mol. The van der Waals surface area contributed by atoms with Crippen molar-refractivity contribution in [3.63, 3.8) is 0 Å². The lowest BCUT2D eigenvalue weighted by Crippen LogP contribution is -2.06. The summed E-state index contributed by atoms with van der Waals surface area (Å²) in [5, 5.41) is 12.7. The topological polar surface area (TPSA) is 41.5 Å². The molecule has 0 unspecified atom stereocenters. The zero-order chi connectivity index (χ0) is 10.6. The van der Waals surface area contributed by atoms with E-state index in [0.29, 0.717) is 23.4 Å². The van der Waals surface area contributed by atoms with Gasteiger partial charge in [-0.25, -0.2) is 0 Å². The van der Waals surface area contributed by atoms with Crippen molar-refractivity contribution in [3.8, 4) is 5.75 Å². The lowest BCUT2D eigenvalue weighted by molar-refractivity contribution is 0.184. The predicted octanol–water partition coefficient (Wildman–Crippen LogP) is 2.02. The zero-order valence-corrected chi connectivity index (χ0v) is 9.89. The molecule has 0 bridgehead atoms. The molecule has 0 aliphatic rings. The van der Waals surface area contributed by atoms with E-state index in [-0.39, 0.29) is 0 Å². The second kappa shape index (κ2) is 5.34. The van der Waals surface area contributed by atoms with Gasteiger partial charge in [0.15, 0.2) is 0 Å². The molecule has 0 saturated carbocycles. The van der Waals surface area contributed by atoms with Crippen LogP contribution in [0.4, 0.5) is 0 Å². The summed E-state index contributed by atoms with van der Waals surface area (Å²) in [6.45, 7) is 1.19. The molecule has 0 fully saturated rings. The molecule has 0 heterocycles. The van der Waals surface area contributed by atoms with E-state index in [1.165, 1.54) is 0 Å². The van der Waals surface area contributed by atoms with Crippen LogP contribution in [0, 0.1) is 0 Å². The van der Waals surface area contributed by atoms with Crippen LogP contribution in [0.1, 0.15) is 11.1 Å². The Morgan fingerprint density at radius 1 is 1.50 bits per heavy atom. The molecule has 0 saturated heterocycles. The molecule has 0 amide bonds. The molecular formula is C10H14BrNO2. The van der Waals surface area contributed by atoms with Gasteiger partial charge in [-0.15, -0.1) is 0 Å². The number of halogens is 1. The predicted molar refractivity (Wildman–Crippen MR) is 59.3 cm³/mol. The minimum Gasteiger partial charge on any atom is -0.506 e. The Morgan fingerprint density at radius 3 is 2.79 bits per heavy atom. The van der Waals surface area contributed by atoms with Crippen molar-refractivity contribution in [1.29, 1.82) is 0 Å². The maximum atomic E-state index is 9.69. The van der Waals surface area contributed by atoms with Crippen molar-refractivity contribution in [3.05, 3.63) is 27.7 Å². The molecule has 0 atom stereocenters. The van der Waals surface area contributed by atoms with E-state index < -0.39 is 0 Å². The van der Waals surface area contributed by atoms with Gasteiger partial charge in [-0.3, -0.25) is 0 Å². The highest BCUT2D eigenvalue weighted by Gasteiger charge is 2.07. The van der Waals surface area contributed by atoms with Gasteiger partial charge in [0.25, 0.3) is 0 Å². The smallest absolute Gasteiger partial charge is 0.134 e. The van der Waals surface area contributed by atoms with E-state index in [9.17, 15) is 5.11 Å². The minimum absolute atomic E-state index is 0.291. The number of phenolic OH excluding ortho intramolecular Hbond substituents is 1. The van der Waals surface area contributed by atoms with Crippen LogP contribution >= 0.6 is 15.9 Å². The first-order chi connectivity index (χ1) is 6.69. The van der Waals surface area contributed by atoms with Gasteiger partial charge in [0.2, 0.25) is 0 Å². The molecule has 0 aliphatic heterocycles. The fourth-order valence-corrected chi connectivity index (χ4v) is 1.84. The van der Waals surface area contributed by atoms with Crippen molar-refractivity contribution in [2.45, 2.75) is 13.2 Å². The molecule has 0 spiro atoms. The van der Waals surface area contributed by atoms with Crippen molar-refractivity contribution >= 4 is 15.9 Å². The molecule has 1 aromatic carbocycles. The standard InChI is InChI=1S/C10H14BrNO2/c1-12-5-8-3-7(6-14-2)4-9(11)10(8)13/h3-4,12-13H,5-6H2,1-2H3. The third-order valence-electron chi connectivity index (χ3n) is 1.88. The molecule has 2 N–H and O–H groups in total. The van der Waals surface area contributed by atoms with Crippen molar-refractivity contribution in [2.24, 2.45) is 0 Å². The van der Waals surface area contributed by atoms with Gasteiger partial charge in [-0.05, 0) is 40.7 Å². The van der Waals surface area contributed by atoms with Gasteiger partial charge in [0.1, 0.15) is 5.75 Å². The number of aromatic hydroxyl groups is 1. The van der Waals surface area contributed by atoms with E-state index in [4.69, 9.17) is 4.74 Å². The zero-order valence-electron chi connectivity index (χ0n) is 8.30. The van der Waals surface area contributed by atoms with Gasteiger partial charge >= 0.3 is 0 Å². The number of benzene rings is 1. The third-order valence-corrected chi connectivity index (χ3v) is 2.48. The molecule has 0 aromatic heterocycles. The number of phenols is 1. The summed E-state index contributed by atoms with van der Waals surface area (Å²) in [5.41, 5.74) is 1.91. The normalized spacial score (nSPS) is 10.5. The first kappa shape index (κ1) is 11.5. The van der Waals surface area contributed by atoms with Crippen LogP contribution < -0.4 is 5.32 Å². The Kier molecular flexibility index (Phi) is 4.38. The monoisotopic (exact) mass is 259 g/mol. The molecule has 78 valence electrons. The first-order valence-corrected chi connectivity index (χ1v) is 5.12. The molecule has 3 nitrogen and oxygen atoms in total. The lowest BCUT2D eigenvalue weighted by atomic mass is 10.1. The highest BCUT2D eigenvalue weighted by atomic mass is 79.9. The van der Waals surface area contributed by atoms with E-state index in [2.05, 4.69) is 21.2 Å². The number of methoxy groups -OCH3 is 1. The second-order valence-electron chi connectivity index (χ2n) is 3.05. The molecule has 0 radical (unpaired) electrons. The van der Waals surface area contributed by atoms with Crippen molar-refractivity contribution in [1.82, 2.24) is 5.32 Å². The Bertz CT molecular complexity index is 315. The Labute approximate surface area is 92.2 Å². The highest BCUT2D eigenvalue weighted by Crippen LogP contribution is 2.29. The Morgan fingerprint density at radius 2 is 2.21 bits per heavy atom. The van der Waals surface area contributed by atoms with Crippen LogP contribution in [0.5, 0.6) is 5.75 Å². The highest BCUT2D eigenvalue weighted by molar-refractivity contribution is 9.10. The van der Waals surface area contributed by atoms with E-state index in [0.717, 1.165) is 11.1 Å². The third kappa shape index (κ3) is 2.70. The van der Waals surface area contributed by atoms with Gasteiger partial charge in [-0.2, -0.15) is 0 Å². The van der Waals surface area contributed by atoms with Crippen LogP contribution in [-0.4, -0.2) is 19.3 Å². The number of nitrogens with one attached hydrogen (secondary N) is 1. The Hall–Kier alpha value is -0.580. The van der Waals surface area contributed by atoms with Gasteiger partial charge < -0.3 is 15.2 Å². The molecule has 4 heteroatoms. The molecule has 1 aromatic rings. The SMILES string of the molecule is CNCc1cc(COC)cc(Br)c1O. The van der Waals surface area contributed by atoms with Crippen LogP contribution in [0.25, 0.3) is 0 Å². The van der Waals surface area contributed by atoms with Crippen LogP contribution in [-0.2, 0) is 17.9 Å². The molecule has 14 heavy (non-hydrogen) atoms. The maximum Gasteiger partial charge on any atom is 0.134 e. The van der Waals surface area contributed by atoms with Crippen LogP contribution in [0.3, 0.4) is 0 Å².